The number of aliphatic hydroxyl groups excluding tert-OH is 2. The predicted octanol–water partition coefficient (Wildman–Crippen LogP) is 1.79. The van der Waals surface area contributed by atoms with E-state index in [1.54, 1.807) is 24.3 Å². The fraction of sp³-hybridized carbons (Fsp3) is 0.368. The van der Waals surface area contributed by atoms with Crippen molar-refractivity contribution in [2.75, 3.05) is 12.4 Å². The van der Waals surface area contributed by atoms with Gasteiger partial charge in [-0.15, -0.1) is 0 Å². The lowest BCUT2D eigenvalue weighted by Gasteiger charge is -2.40. The molecule has 1 saturated heterocycles. The van der Waals surface area contributed by atoms with Gasteiger partial charge in [0.25, 0.3) is 0 Å². The van der Waals surface area contributed by atoms with Gasteiger partial charge < -0.3 is 14.9 Å². The first-order valence-corrected chi connectivity index (χ1v) is 10.6. The molecule has 27 heavy (non-hydrogen) atoms. The molecule has 1 heterocycles. The van der Waals surface area contributed by atoms with Crippen molar-refractivity contribution >= 4 is 21.6 Å². The summed E-state index contributed by atoms with van der Waals surface area (Å²) in [4.78, 5) is 0. The van der Waals surface area contributed by atoms with Gasteiger partial charge >= 0.3 is 0 Å². The lowest BCUT2D eigenvalue weighted by atomic mass is 10.1. The third-order valence-electron chi connectivity index (χ3n) is 4.55. The number of halogens is 1. The van der Waals surface area contributed by atoms with Crippen LogP contribution in [0.4, 0.5) is 0 Å². The van der Waals surface area contributed by atoms with Crippen LogP contribution in [0.3, 0.4) is 0 Å². The molecule has 1 aliphatic rings. The molecule has 0 bridgehead atoms. The highest BCUT2D eigenvalue weighted by molar-refractivity contribution is 7.89. The van der Waals surface area contributed by atoms with E-state index in [1.165, 1.54) is 4.31 Å². The third-order valence-corrected chi connectivity index (χ3v) is 6.68. The summed E-state index contributed by atoms with van der Waals surface area (Å²) in [7, 11) is -3.75. The lowest BCUT2D eigenvalue weighted by Crippen LogP contribution is -2.60. The van der Waals surface area contributed by atoms with Crippen molar-refractivity contribution < 1.29 is 23.4 Å². The highest BCUT2D eigenvalue weighted by Crippen LogP contribution is 2.25. The number of sulfonamides is 1. The summed E-state index contributed by atoms with van der Waals surface area (Å²) in [5.74, 6) is -0.517. The van der Waals surface area contributed by atoms with Crippen LogP contribution >= 0.6 is 11.6 Å². The number of hydrogen-bond acceptors (Lipinski definition) is 5. The first-order valence-electron chi connectivity index (χ1n) is 8.58. The molecule has 0 aliphatic carbocycles. The van der Waals surface area contributed by atoms with Crippen LogP contribution in [-0.2, 0) is 27.9 Å². The van der Waals surface area contributed by atoms with Gasteiger partial charge in [-0.25, -0.2) is 8.42 Å². The number of rotatable bonds is 6. The minimum Gasteiger partial charge on any atom is -0.389 e. The van der Waals surface area contributed by atoms with E-state index in [1.807, 2.05) is 30.3 Å². The second-order valence-electron chi connectivity index (χ2n) is 6.58. The van der Waals surface area contributed by atoms with Crippen LogP contribution in [0.5, 0.6) is 0 Å². The van der Waals surface area contributed by atoms with Crippen molar-refractivity contribution in [3.8, 4) is 0 Å². The first kappa shape index (κ1) is 20.3. The third kappa shape index (κ3) is 5.07. The van der Waals surface area contributed by atoms with Crippen molar-refractivity contribution in [1.29, 1.82) is 0 Å². The Hall–Kier alpha value is -1.48. The molecule has 6 nitrogen and oxygen atoms in total. The quantitative estimate of drug-likeness (QED) is 0.756. The van der Waals surface area contributed by atoms with Crippen LogP contribution in [0.25, 0.3) is 0 Å². The van der Waals surface area contributed by atoms with E-state index in [0.717, 1.165) is 11.1 Å². The van der Waals surface area contributed by atoms with Crippen molar-refractivity contribution in [2.45, 2.75) is 31.4 Å². The molecule has 146 valence electrons. The minimum absolute atomic E-state index is 0.0278. The Labute approximate surface area is 164 Å². The second-order valence-corrected chi connectivity index (χ2v) is 8.98. The standard InChI is InChI=1S/C19H22ClNO5S/c20-16-8-6-14(7-9-16)10-21-17(19(23)18(22)13-27(21,24)25)12-26-11-15-4-2-1-3-5-15/h1-9,17-19,22-23H,10-13H2/t17-,18+,19-/m0/s1. The van der Waals surface area contributed by atoms with Crippen LogP contribution in [-0.4, -0.2) is 53.5 Å². The Morgan fingerprint density at radius 1 is 1.04 bits per heavy atom. The Kier molecular flexibility index (Phi) is 6.52. The van der Waals surface area contributed by atoms with Gasteiger partial charge in [-0.05, 0) is 23.3 Å². The van der Waals surface area contributed by atoms with E-state index in [2.05, 4.69) is 0 Å². The van der Waals surface area contributed by atoms with Crippen LogP contribution in [0, 0.1) is 0 Å². The first-order chi connectivity index (χ1) is 12.9. The molecule has 0 spiro atoms. The van der Waals surface area contributed by atoms with Crippen LogP contribution in [0.15, 0.2) is 54.6 Å². The molecule has 0 unspecified atom stereocenters. The molecule has 2 N–H and O–H groups in total. The maximum Gasteiger partial charge on any atom is 0.217 e. The molecular formula is C19H22ClNO5S. The average molecular weight is 412 g/mol. The van der Waals surface area contributed by atoms with E-state index >= 15 is 0 Å². The Balaban J connectivity index is 1.76. The van der Waals surface area contributed by atoms with Gasteiger partial charge in [0.15, 0.2) is 0 Å². The molecule has 2 aromatic carbocycles. The van der Waals surface area contributed by atoms with E-state index in [-0.39, 0.29) is 19.8 Å². The van der Waals surface area contributed by atoms with Crippen molar-refractivity contribution in [3.63, 3.8) is 0 Å². The number of nitrogens with zero attached hydrogens (tertiary/aromatic N) is 1. The molecule has 2 aromatic rings. The Bertz CT molecular complexity index is 844. The number of aliphatic hydroxyl groups is 2. The van der Waals surface area contributed by atoms with Crippen molar-refractivity contribution in [1.82, 2.24) is 4.31 Å². The number of hydrogen-bond donors (Lipinski definition) is 2. The highest BCUT2D eigenvalue weighted by atomic mass is 35.5. The number of ether oxygens (including phenoxy) is 1. The molecule has 3 rings (SSSR count). The summed E-state index contributed by atoms with van der Waals surface area (Å²) in [5.41, 5.74) is 1.68. The molecule has 3 atom stereocenters. The largest absolute Gasteiger partial charge is 0.389 e. The monoisotopic (exact) mass is 411 g/mol. The maximum atomic E-state index is 12.6. The van der Waals surface area contributed by atoms with E-state index in [9.17, 15) is 18.6 Å². The minimum atomic E-state index is -3.75. The Morgan fingerprint density at radius 2 is 1.70 bits per heavy atom. The predicted molar refractivity (Wildman–Crippen MR) is 103 cm³/mol. The second kappa shape index (κ2) is 8.68. The van der Waals surface area contributed by atoms with Crippen molar-refractivity contribution in [2.24, 2.45) is 0 Å². The topological polar surface area (TPSA) is 87.1 Å². The summed E-state index contributed by atoms with van der Waals surface area (Å²) in [6.45, 7) is 0.331. The van der Waals surface area contributed by atoms with Crippen LogP contribution in [0.2, 0.25) is 5.02 Å². The fourth-order valence-electron chi connectivity index (χ4n) is 3.08. The van der Waals surface area contributed by atoms with Gasteiger partial charge in [0.1, 0.15) is 0 Å². The van der Waals surface area contributed by atoms with Crippen LogP contribution < -0.4 is 0 Å². The van der Waals surface area contributed by atoms with Gasteiger partial charge in [-0.1, -0.05) is 54.1 Å². The molecule has 0 amide bonds. The van der Waals surface area contributed by atoms with Gasteiger partial charge in [-0.3, -0.25) is 0 Å². The fourth-order valence-corrected chi connectivity index (χ4v) is 4.97. The summed E-state index contributed by atoms with van der Waals surface area (Å²) in [6.07, 6.45) is -2.57. The van der Waals surface area contributed by atoms with E-state index in [4.69, 9.17) is 16.3 Å². The Morgan fingerprint density at radius 3 is 2.37 bits per heavy atom. The normalized spacial score (nSPS) is 25.4. The zero-order valence-electron chi connectivity index (χ0n) is 14.6. The summed E-state index contributed by atoms with van der Waals surface area (Å²) in [5, 5.41) is 20.9. The van der Waals surface area contributed by atoms with Gasteiger partial charge in [0.2, 0.25) is 10.0 Å². The molecular weight excluding hydrogens is 390 g/mol. The van der Waals surface area contributed by atoms with Gasteiger partial charge in [0.05, 0.1) is 37.2 Å². The smallest absolute Gasteiger partial charge is 0.217 e. The van der Waals surface area contributed by atoms with Gasteiger partial charge in [-0.2, -0.15) is 4.31 Å². The number of benzene rings is 2. The van der Waals surface area contributed by atoms with Crippen LogP contribution in [0.1, 0.15) is 11.1 Å². The highest BCUT2D eigenvalue weighted by Gasteiger charge is 2.45. The summed E-state index contributed by atoms with van der Waals surface area (Å²) >= 11 is 5.88. The zero-order valence-corrected chi connectivity index (χ0v) is 16.2. The van der Waals surface area contributed by atoms with E-state index in [0.29, 0.717) is 5.02 Å². The van der Waals surface area contributed by atoms with E-state index < -0.39 is 34.0 Å². The average Bonchev–Trinajstić information content (AvgIpc) is 2.64. The molecule has 8 heteroatoms. The molecule has 1 aliphatic heterocycles. The zero-order chi connectivity index (χ0) is 19.4. The van der Waals surface area contributed by atoms with Gasteiger partial charge in [0, 0.05) is 11.6 Å². The lowest BCUT2D eigenvalue weighted by molar-refractivity contribution is -0.0530. The van der Waals surface area contributed by atoms with Crippen molar-refractivity contribution in [3.05, 3.63) is 70.7 Å². The summed E-state index contributed by atoms with van der Waals surface area (Å²) < 4.78 is 32.1. The molecule has 0 saturated carbocycles. The molecule has 0 radical (unpaired) electrons. The maximum absolute atomic E-state index is 12.6. The molecule has 0 aromatic heterocycles. The summed E-state index contributed by atoms with van der Waals surface area (Å²) in [6, 6.07) is 15.4. The SMILES string of the molecule is O=S1(=O)C[C@@H](O)[C@@H](O)[C@H](COCc2ccccc2)N1Cc1ccc(Cl)cc1. The molecule has 1 fully saturated rings.